The van der Waals surface area contributed by atoms with Gasteiger partial charge in [-0.05, 0) is 19.1 Å². The monoisotopic (exact) mass is 254 g/mol. The fourth-order valence-electron chi connectivity index (χ4n) is 1.30. The number of ether oxygens (including phenoxy) is 1. The highest BCUT2D eigenvalue weighted by molar-refractivity contribution is 8.00. The summed E-state index contributed by atoms with van der Waals surface area (Å²) in [5, 5.41) is 2.72. The van der Waals surface area contributed by atoms with Crippen LogP contribution in [0.4, 0.5) is 5.69 Å². The number of hydrogen-bond donors (Lipinski definition) is 2. The summed E-state index contributed by atoms with van der Waals surface area (Å²) in [5.41, 5.74) is 6.10. The summed E-state index contributed by atoms with van der Waals surface area (Å²) in [4.78, 5) is 11.9. The van der Waals surface area contributed by atoms with E-state index in [2.05, 4.69) is 5.32 Å². The van der Waals surface area contributed by atoms with Gasteiger partial charge in [0.05, 0.1) is 18.0 Å². The third-order valence-electron chi connectivity index (χ3n) is 2.22. The number of methoxy groups -OCH3 is 1. The maximum atomic E-state index is 11.9. The van der Waals surface area contributed by atoms with Gasteiger partial charge in [0.15, 0.2) is 0 Å². The van der Waals surface area contributed by atoms with Crippen molar-refractivity contribution in [2.45, 2.75) is 12.2 Å². The highest BCUT2D eigenvalue weighted by atomic mass is 32.2. The molecule has 0 fully saturated rings. The van der Waals surface area contributed by atoms with Crippen LogP contribution in [0.3, 0.4) is 0 Å². The molecule has 94 valence electrons. The van der Waals surface area contributed by atoms with E-state index in [0.717, 1.165) is 5.75 Å². The lowest BCUT2D eigenvalue weighted by Crippen LogP contribution is -2.23. The molecule has 1 atom stereocenters. The SMILES string of the molecule is COc1ccccc1NC(=O)C(C)SCCN. The number of para-hydroxylation sites is 2. The summed E-state index contributed by atoms with van der Waals surface area (Å²) >= 11 is 1.54. The van der Waals surface area contributed by atoms with Crippen LogP contribution in [0.5, 0.6) is 5.75 Å². The second kappa shape index (κ2) is 7.19. The topological polar surface area (TPSA) is 64.3 Å². The van der Waals surface area contributed by atoms with Gasteiger partial charge in [0.1, 0.15) is 5.75 Å². The molecule has 0 aromatic heterocycles. The summed E-state index contributed by atoms with van der Waals surface area (Å²) in [6.45, 7) is 2.45. The van der Waals surface area contributed by atoms with Crippen molar-refractivity contribution in [1.29, 1.82) is 0 Å². The Morgan fingerprint density at radius 2 is 2.24 bits per heavy atom. The molecule has 0 saturated carbocycles. The van der Waals surface area contributed by atoms with Gasteiger partial charge in [0.2, 0.25) is 5.91 Å². The Morgan fingerprint density at radius 3 is 2.88 bits per heavy atom. The first kappa shape index (κ1) is 13.9. The average molecular weight is 254 g/mol. The minimum Gasteiger partial charge on any atom is -0.495 e. The number of amides is 1. The van der Waals surface area contributed by atoms with Gasteiger partial charge < -0.3 is 15.8 Å². The van der Waals surface area contributed by atoms with Gasteiger partial charge in [-0.15, -0.1) is 11.8 Å². The zero-order valence-electron chi connectivity index (χ0n) is 10.1. The number of carbonyl (C=O) groups is 1. The molecule has 0 aliphatic heterocycles. The zero-order chi connectivity index (χ0) is 12.7. The molecular weight excluding hydrogens is 236 g/mol. The van der Waals surface area contributed by atoms with Crippen LogP contribution in [0, 0.1) is 0 Å². The van der Waals surface area contributed by atoms with Crippen molar-refractivity contribution in [2.24, 2.45) is 5.73 Å². The number of hydrogen-bond acceptors (Lipinski definition) is 4. The van der Waals surface area contributed by atoms with E-state index in [1.807, 2.05) is 31.2 Å². The lowest BCUT2D eigenvalue weighted by molar-refractivity contribution is -0.115. The minimum atomic E-state index is -0.122. The molecule has 0 spiro atoms. The van der Waals surface area contributed by atoms with Crippen molar-refractivity contribution >= 4 is 23.4 Å². The summed E-state index contributed by atoms with van der Waals surface area (Å²) in [5.74, 6) is 1.41. The molecule has 17 heavy (non-hydrogen) atoms. The number of nitrogens with one attached hydrogen (secondary N) is 1. The second-order valence-electron chi connectivity index (χ2n) is 3.49. The molecule has 0 heterocycles. The number of rotatable bonds is 6. The van der Waals surface area contributed by atoms with Crippen molar-refractivity contribution < 1.29 is 9.53 Å². The van der Waals surface area contributed by atoms with Crippen LogP contribution in [0.1, 0.15) is 6.92 Å². The van der Waals surface area contributed by atoms with Crippen molar-refractivity contribution in [3.8, 4) is 5.75 Å². The first-order valence-corrected chi connectivity index (χ1v) is 6.49. The van der Waals surface area contributed by atoms with Crippen LogP contribution in [0.2, 0.25) is 0 Å². The van der Waals surface area contributed by atoms with Crippen molar-refractivity contribution in [2.75, 3.05) is 24.7 Å². The van der Waals surface area contributed by atoms with Gasteiger partial charge in [-0.1, -0.05) is 12.1 Å². The molecule has 1 rings (SSSR count). The van der Waals surface area contributed by atoms with E-state index in [0.29, 0.717) is 18.0 Å². The third-order valence-corrected chi connectivity index (χ3v) is 3.41. The molecule has 3 N–H and O–H groups in total. The van der Waals surface area contributed by atoms with Crippen LogP contribution < -0.4 is 15.8 Å². The number of nitrogens with two attached hydrogens (primary N) is 1. The minimum absolute atomic E-state index is 0.0343. The number of carbonyl (C=O) groups excluding carboxylic acids is 1. The van der Waals surface area contributed by atoms with Gasteiger partial charge in [-0.3, -0.25) is 4.79 Å². The molecule has 1 aromatic rings. The first-order valence-electron chi connectivity index (χ1n) is 5.44. The quantitative estimate of drug-likeness (QED) is 0.811. The Bertz CT molecular complexity index is 371. The lowest BCUT2D eigenvalue weighted by atomic mass is 10.3. The molecule has 5 heteroatoms. The van der Waals surface area contributed by atoms with E-state index in [4.69, 9.17) is 10.5 Å². The average Bonchev–Trinajstić information content (AvgIpc) is 2.36. The van der Waals surface area contributed by atoms with Crippen LogP contribution in [-0.2, 0) is 4.79 Å². The number of thioether (sulfide) groups is 1. The van der Waals surface area contributed by atoms with Gasteiger partial charge in [-0.2, -0.15) is 0 Å². The molecule has 0 saturated heterocycles. The summed E-state index contributed by atoms with van der Waals surface area (Å²) < 4.78 is 5.17. The predicted octanol–water partition coefficient (Wildman–Crippen LogP) is 1.71. The Balaban J connectivity index is 2.61. The van der Waals surface area contributed by atoms with E-state index >= 15 is 0 Å². The van der Waals surface area contributed by atoms with Crippen LogP contribution in [-0.4, -0.2) is 30.6 Å². The summed E-state index contributed by atoms with van der Waals surface area (Å²) in [6, 6.07) is 7.35. The first-order chi connectivity index (χ1) is 8.19. The summed E-state index contributed by atoms with van der Waals surface area (Å²) in [7, 11) is 1.58. The van der Waals surface area contributed by atoms with Crippen molar-refractivity contribution in [1.82, 2.24) is 0 Å². The standard InChI is InChI=1S/C12H18N2O2S/c1-9(17-8-7-13)12(15)14-10-5-3-4-6-11(10)16-2/h3-6,9H,7-8,13H2,1-2H3,(H,14,15). The normalized spacial score (nSPS) is 11.9. The Hall–Kier alpha value is -1.20. The molecule has 1 aromatic carbocycles. The van der Waals surface area contributed by atoms with Gasteiger partial charge in [-0.25, -0.2) is 0 Å². The predicted molar refractivity (Wildman–Crippen MR) is 72.6 cm³/mol. The molecule has 4 nitrogen and oxygen atoms in total. The van der Waals surface area contributed by atoms with Crippen LogP contribution >= 0.6 is 11.8 Å². The lowest BCUT2D eigenvalue weighted by Gasteiger charge is -2.13. The Morgan fingerprint density at radius 1 is 1.53 bits per heavy atom. The van der Waals surface area contributed by atoms with E-state index in [1.54, 1.807) is 7.11 Å². The van der Waals surface area contributed by atoms with E-state index < -0.39 is 0 Å². The number of benzene rings is 1. The van der Waals surface area contributed by atoms with Crippen LogP contribution in [0.25, 0.3) is 0 Å². The molecule has 1 amide bonds. The zero-order valence-corrected chi connectivity index (χ0v) is 10.9. The third kappa shape index (κ3) is 4.28. The molecular formula is C12H18N2O2S. The highest BCUT2D eigenvalue weighted by Crippen LogP contribution is 2.24. The van der Waals surface area contributed by atoms with Crippen molar-refractivity contribution in [3.05, 3.63) is 24.3 Å². The summed E-state index contributed by atoms with van der Waals surface area (Å²) in [6.07, 6.45) is 0. The van der Waals surface area contributed by atoms with Crippen molar-refractivity contribution in [3.63, 3.8) is 0 Å². The fraction of sp³-hybridized carbons (Fsp3) is 0.417. The van der Waals surface area contributed by atoms with Gasteiger partial charge in [0, 0.05) is 12.3 Å². The van der Waals surface area contributed by atoms with E-state index in [9.17, 15) is 4.79 Å². The maximum absolute atomic E-state index is 11.9. The second-order valence-corrected chi connectivity index (χ2v) is 4.94. The van der Waals surface area contributed by atoms with Gasteiger partial charge >= 0.3 is 0 Å². The van der Waals surface area contributed by atoms with E-state index in [-0.39, 0.29) is 11.2 Å². The smallest absolute Gasteiger partial charge is 0.237 e. The molecule has 0 aliphatic carbocycles. The maximum Gasteiger partial charge on any atom is 0.237 e. The van der Waals surface area contributed by atoms with Crippen LogP contribution in [0.15, 0.2) is 24.3 Å². The molecule has 0 bridgehead atoms. The van der Waals surface area contributed by atoms with E-state index in [1.165, 1.54) is 11.8 Å². The molecule has 1 unspecified atom stereocenters. The molecule has 0 aliphatic rings. The Labute approximate surface area is 106 Å². The largest absolute Gasteiger partial charge is 0.495 e. The van der Waals surface area contributed by atoms with Gasteiger partial charge in [0.25, 0.3) is 0 Å². The fourth-order valence-corrected chi connectivity index (χ4v) is 2.00. The Kier molecular flexibility index (Phi) is 5.86. The molecule has 0 radical (unpaired) electrons. The number of anilines is 1. The highest BCUT2D eigenvalue weighted by Gasteiger charge is 2.14.